The minimum atomic E-state index is -4.11. The predicted octanol–water partition coefficient (Wildman–Crippen LogP) is 5.25. The molecule has 4 aromatic rings. The lowest BCUT2D eigenvalue weighted by molar-refractivity contribution is 0.101. The monoisotopic (exact) mass is 535 g/mol. The topological polar surface area (TPSA) is 121 Å². The highest BCUT2D eigenvalue weighted by molar-refractivity contribution is 7.92. The minimum Gasteiger partial charge on any atom is -0.497 e. The number of ketones is 1. The summed E-state index contributed by atoms with van der Waals surface area (Å²) in [5, 5.41) is -0.310. The van der Waals surface area contributed by atoms with Crippen molar-refractivity contribution in [3.05, 3.63) is 88.7 Å². The van der Waals surface area contributed by atoms with Crippen molar-refractivity contribution in [2.24, 2.45) is 0 Å². The van der Waals surface area contributed by atoms with Crippen molar-refractivity contribution in [1.82, 2.24) is 9.97 Å². The zero-order valence-electron chi connectivity index (χ0n) is 21.3. The second-order valence-electron chi connectivity index (χ2n) is 8.84. The van der Waals surface area contributed by atoms with Gasteiger partial charge in [0.1, 0.15) is 28.9 Å². The fourth-order valence-corrected chi connectivity index (χ4v) is 5.25. The molecule has 2 heterocycles. The molecule has 0 bridgehead atoms. The first kappa shape index (κ1) is 26.7. The van der Waals surface area contributed by atoms with Crippen LogP contribution in [0.15, 0.2) is 65.7 Å². The van der Waals surface area contributed by atoms with Crippen molar-refractivity contribution in [2.45, 2.75) is 25.8 Å². The number of rotatable bonds is 8. The number of pyridine rings is 2. The highest BCUT2D eigenvalue weighted by atomic mass is 32.2. The van der Waals surface area contributed by atoms with Gasteiger partial charge in [-0.2, -0.15) is 0 Å². The molecule has 0 atom stereocenters. The molecule has 0 amide bonds. The van der Waals surface area contributed by atoms with E-state index < -0.39 is 27.2 Å². The summed E-state index contributed by atoms with van der Waals surface area (Å²) in [5.74, 6) is -1.48. The second kappa shape index (κ2) is 10.6. The number of hydrogen-bond donors (Lipinski definition) is 1. The number of methoxy groups -OCH3 is 1. The second-order valence-corrected chi connectivity index (χ2v) is 10.8. The van der Waals surface area contributed by atoms with E-state index in [2.05, 4.69) is 9.97 Å². The van der Waals surface area contributed by atoms with Crippen LogP contribution in [0, 0.1) is 26.6 Å². The molecule has 2 aromatic heterocycles. The molecule has 0 spiro atoms. The number of aryl methyl sites for hydroxylation is 3. The van der Waals surface area contributed by atoms with Crippen LogP contribution in [0.5, 0.6) is 17.4 Å². The summed E-state index contributed by atoms with van der Waals surface area (Å²) in [4.78, 5) is 21.7. The first-order valence-corrected chi connectivity index (χ1v) is 13.2. The molecule has 0 aliphatic heterocycles. The number of ether oxygens (including phenoxy) is 2. The number of carbonyl (C=O) groups excluding carboxylic acids is 1. The van der Waals surface area contributed by atoms with Gasteiger partial charge in [0.2, 0.25) is 15.7 Å². The minimum absolute atomic E-state index is 0.0180. The number of hydrogen-bond acceptors (Lipinski definition) is 8. The maximum absolute atomic E-state index is 14.2. The summed E-state index contributed by atoms with van der Waals surface area (Å²) in [6.45, 7) is 5.66. The van der Waals surface area contributed by atoms with Gasteiger partial charge < -0.3 is 15.2 Å². The van der Waals surface area contributed by atoms with Gasteiger partial charge in [-0.05, 0) is 68.3 Å². The maximum Gasteiger partial charge on any atom is 0.230 e. The SMILES string of the molecule is COc1cc(F)cc(-c2ccc(C(=O)CS(=O)(=O)c3cccc(N)n3)c(Oc3c(C)cc(C)cc3C)n2)c1. The van der Waals surface area contributed by atoms with E-state index in [4.69, 9.17) is 15.2 Å². The van der Waals surface area contributed by atoms with Crippen LogP contribution in [0.1, 0.15) is 27.0 Å². The maximum atomic E-state index is 14.2. The fraction of sp³-hybridized carbons (Fsp3) is 0.179. The molecule has 0 radical (unpaired) electrons. The van der Waals surface area contributed by atoms with Crippen LogP contribution in [0.25, 0.3) is 11.3 Å². The Bertz CT molecular complexity index is 1630. The van der Waals surface area contributed by atoms with Crippen LogP contribution in [0.3, 0.4) is 0 Å². The molecule has 2 N–H and O–H groups in total. The number of benzene rings is 2. The van der Waals surface area contributed by atoms with E-state index in [0.29, 0.717) is 17.0 Å². The number of nitrogen functional groups attached to an aromatic ring is 1. The number of sulfone groups is 1. The number of nitrogens with two attached hydrogens (primary N) is 1. The largest absolute Gasteiger partial charge is 0.497 e. The van der Waals surface area contributed by atoms with Crippen LogP contribution < -0.4 is 15.2 Å². The Morgan fingerprint density at radius 1 is 0.974 bits per heavy atom. The van der Waals surface area contributed by atoms with Crippen molar-refractivity contribution in [3.8, 4) is 28.6 Å². The van der Waals surface area contributed by atoms with Crippen molar-refractivity contribution >= 4 is 21.4 Å². The van der Waals surface area contributed by atoms with Crippen LogP contribution in [0.4, 0.5) is 10.2 Å². The van der Waals surface area contributed by atoms with Crippen molar-refractivity contribution in [2.75, 3.05) is 18.6 Å². The lowest BCUT2D eigenvalue weighted by Gasteiger charge is -2.16. The van der Waals surface area contributed by atoms with E-state index in [0.717, 1.165) is 16.7 Å². The standard InChI is InChI=1S/C28H26FN3O5S/c1-16-10-17(2)27(18(3)11-16)37-28-22(24(33)15-38(34,35)26-7-5-6-25(30)32-26)8-9-23(31-28)19-12-20(29)14-21(13-19)36-4/h5-14H,15H2,1-4H3,(H2,30,32). The summed E-state index contributed by atoms with van der Waals surface area (Å²) >= 11 is 0. The van der Waals surface area contributed by atoms with Gasteiger partial charge in [-0.25, -0.2) is 22.8 Å². The van der Waals surface area contributed by atoms with Gasteiger partial charge in [0.25, 0.3) is 0 Å². The predicted molar refractivity (Wildman–Crippen MR) is 142 cm³/mol. The zero-order chi connectivity index (χ0) is 27.6. The number of carbonyl (C=O) groups is 1. The molecule has 4 rings (SSSR count). The van der Waals surface area contributed by atoms with Gasteiger partial charge in [0, 0.05) is 11.6 Å². The van der Waals surface area contributed by atoms with Gasteiger partial charge in [-0.15, -0.1) is 0 Å². The Morgan fingerprint density at radius 2 is 1.68 bits per heavy atom. The molecule has 10 heteroatoms. The Hall–Kier alpha value is -4.31. The molecule has 0 fully saturated rings. The smallest absolute Gasteiger partial charge is 0.230 e. The molecule has 38 heavy (non-hydrogen) atoms. The molecule has 0 saturated heterocycles. The van der Waals surface area contributed by atoms with Crippen LogP contribution >= 0.6 is 0 Å². The average Bonchev–Trinajstić information content (AvgIpc) is 2.85. The lowest BCUT2D eigenvalue weighted by Crippen LogP contribution is -2.19. The highest BCUT2D eigenvalue weighted by Gasteiger charge is 2.26. The highest BCUT2D eigenvalue weighted by Crippen LogP contribution is 2.34. The van der Waals surface area contributed by atoms with E-state index in [1.165, 1.54) is 49.6 Å². The number of anilines is 1. The molecule has 0 aliphatic rings. The molecule has 0 aliphatic carbocycles. The number of Topliss-reactive ketones (excluding diaryl/α,β-unsaturated/α-hetero) is 1. The normalized spacial score (nSPS) is 11.3. The Morgan fingerprint density at radius 3 is 2.34 bits per heavy atom. The molecule has 0 unspecified atom stereocenters. The van der Waals surface area contributed by atoms with Gasteiger partial charge in [-0.1, -0.05) is 23.8 Å². The van der Waals surface area contributed by atoms with Gasteiger partial charge in [0.05, 0.1) is 18.4 Å². The van der Waals surface area contributed by atoms with Gasteiger partial charge in [-0.3, -0.25) is 4.79 Å². The summed E-state index contributed by atoms with van der Waals surface area (Å²) in [6, 6.07) is 15.0. The third-order valence-electron chi connectivity index (χ3n) is 5.75. The number of nitrogens with zero attached hydrogens (tertiary/aromatic N) is 2. The summed E-state index contributed by atoms with van der Waals surface area (Å²) in [5.41, 5.74) is 8.89. The summed E-state index contributed by atoms with van der Waals surface area (Å²) < 4.78 is 51.4. The fourth-order valence-electron chi connectivity index (χ4n) is 4.07. The van der Waals surface area contributed by atoms with Crippen LogP contribution in [-0.2, 0) is 9.84 Å². The van der Waals surface area contributed by atoms with Gasteiger partial charge >= 0.3 is 0 Å². The van der Waals surface area contributed by atoms with Crippen molar-refractivity contribution in [1.29, 1.82) is 0 Å². The van der Waals surface area contributed by atoms with E-state index in [9.17, 15) is 17.6 Å². The van der Waals surface area contributed by atoms with Crippen LogP contribution in [0.2, 0.25) is 0 Å². The first-order valence-electron chi connectivity index (χ1n) is 11.6. The van der Waals surface area contributed by atoms with E-state index >= 15 is 0 Å². The number of aromatic nitrogens is 2. The first-order chi connectivity index (χ1) is 18.0. The third-order valence-corrected chi connectivity index (χ3v) is 7.26. The molecule has 0 saturated carbocycles. The molecule has 196 valence electrons. The van der Waals surface area contributed by atoms with Crippen LogP contribution in [-0.4, -0.2) is 37.0 Å². The molecule has 2 aromatic carbocycles. The average molecular weight is 536 g/mol. The van der Waals surface area contributed by atoms with Crippen molar-refractivity contribution < 1.29 is 27.1 Å². The molecular weight excluding hydrogens is 509 g/mol. The Labute approximate surface area is 220 Å². The van der Waals surface area contributed by atoms with Gasteiger partial charge in [0.15, 0.2) is 10.8 Å². The van der Waals surface area contributed by atoms with E-state index in [1.54, 1.807) is 6.07 Å². The third kappa shape index (κ3) is 5.81. The quantitative estimate of drug-likeness (QED) is 0.304. The molecule has 8 nitrogen and oxygen atoms in total. The zero-order valence-corrected chi connectivity index (χ0v) is 22.1. The summed E-state index contributed by atoms with van der Waals surface area (Å²) in [7, 11) is -2.69. The Kier molecular flexibility index (Phi) is 7.45. The van der Waals surface area contributed by atoms with E-state index in [1.807, 2.05) is 32.9 Å². The lowest BCUT2D eigenvalue weighted by atomic mass is 10.1. The summed E-state index contributed by atoms with van der Waals surface area (Å²) in [6.07, 6.45) is 0. The number of halogens is 1. The van der Waals surface area contributed by atoms with Crippen molar-refractivity contribution in [3.63, 3.8) is 0 Å². The Balaban J connectivity index is 1.80. The molecular formula is C28H26FN3O5S. The van der Waals surface area contributed by atoms with E-state index in [-0.39, 0.29) is 28.0 Å².